The van der Waals surface area contributed by atoms with E-state index in [1.54, 1.807) is 5.38 Å². The average molecular weight is 290 g/mol. The van der Waals surface area contributed by atoms with Crippen LogP contribution >= 0.6 is 27.3 Å². The van der Waals surface area contributed by atoms with Gasteiger partial charge in [-0.25, -0.2) is 13.8 Å². The van der Waals surface area contributed by atoms with Gasteiger partial charge in [0, 0.05) is 17.0 Å². The third-order valence-corrected chi connectivity index (χ3v) is 3.62. The van der Waals surface area contributed by atoms with Gasteiger partial charge in [-0.15, -0.1) is 11.3 Å². The van der Waals surface area contributed by atoms with Crippen LogP contribution in [0.1, 0.15) is 5.01 Å². The summed E-state index contributed by atoms with van der Waals surface area (Å²) in [6.45, 7) is 0. The first kappa shape index (κ1) is 10.7. The minimum absolute atomic E-state index is 0.333. The van der Waals surface area contributed by atoms with E-state index in [1.165, 1.54) is 23.5 Å². The molecule has 0 aliphatic carbocycles. The van der Waals surface area contributed by atoms with Crippen LogP contribution in [0.5, 0.6) is 0 Å². The molecule has 0 saturated heterocycles. The van der Waals surface area contributed by atoms with Crippen molar-refractivity contribution in [2.24, 2.45) is 0 Å². The Morgan fingerprint density at radius 1 is 1.33 bits per heavy atom. The molecule has 0 bridgehead atoms. The molecule has 1 aromatic heterocycles. The number of halogens is 3. The highest BCUT2D eigenvalue weighted by Gasteiger charge is 2.09. The van der Waals surface area contributed by atoms with Crippen LogP contribution in [-0.2, 0) is 5.33 Å². The Balaban J connectivity index is 2.44. The van der Waals surface area contributed by atoms with Crippen molar-refractivity contribution < 1.29 is 8.78 Å². The Hall–Kier alpha value is -0.810. The molecule has 2 aromatic rings. The van der Waals surface area contributed by atoms with Crippen LogP contribution < -0.4 is 0 Å². The number of hydrogen-bond donors (Lipinski definition) is 0. The fourth-order valence-electron chi connectivity index (χ4n) is 1.19. The normalized spacial score (nSPS) is 10.6. The predicted octanol–water partition coefficient (Wildman–Crippen LogP) is 3.98. The van der Waals surface area contributed by atoms with Crippen LogP contribution in [0.25, 0.3) is 11.3 Å². The van der Waals surface area contributed by atoms with Gasteiger partial charge in [-0.3, -0.25) is 0 Å². The molecule has 0 unspecified atom stereocenters. The van der Waals surface area contributed by atoms with Crippen molar-refractivity contribution in [2.75, 3.05) is 0 Å². The van der Waals surface area contributed by atoms with Gasteiger partial charge in [0.25, 0.3) is 0 Å². The zero-order valence-corrected chi connectivity index (χ0v) is 9.91. The highest BCUT2D eigenvalue weighted by molar-refractivity contribution is 9.08. The Bertz CT molecular complexity index is 484. The molecule has 0 aliphatic rings. The van der Waals surface area contributed by atoms with Gasteiger partial charge in [0.05, 0.1) is 11.0 Å². The molecule has 0 fully saturated rings. The Morgan fingerprint density at radius 2 is 2.13 bits per heavy atom. The second-order valence-corrected chi connectivity index (χ2v) is 4.39. The lowest BCUT2D eigenvalue weighted by Gasteiger charge is -1.98. The van der Waals surface area contributed by atoms with E-state index in [0.29, 0.717) is 16.6 Å². The van der Waals surface area contributed by atoms with Crippen molar-refractivity contribution >= 4 is 27.3 Å². The van der Waals surface area contributed by atoms with Gasteiger partial charge >= 0.3 is 0 Å². The summed E-state index contributed by atoms with van der Waals surface area (Å²) in [5, 5.41) is 3.27. The number of benzene rings is 1. The van der Waals surface area contributed by atoms with E-state index in [0.717, 1.165) is 11.1 Å². The van der Waals surface area contributed by atoms with Crippen molar-refractivity contribution in [3.8, 4) is 11.3 Å². The number of nitrogens with zero attached hydrogens (tertiary/aromatic N) is 1. The largest absolute Gasteiger partial charge is 0.240 e. The third kappa shape index (κ3) is 2.23. The lowest BCUT2D eigenvalue weighted by atomic mass is 10.1. The van der Waals surface area contributed by atoms with E-state index in [9.17, 15) is 8.78 Å². The molecule has 0 spiro atoms. The smallest absolute Gasteiger partial charge is 0.135 e. The number of thiazole rings is 1. The van der Waals surface area contributed by atoms with Crippen LogP contribution in [0.15, 0.2) is 23.6 Å². The highest BCUT2D eigenvalue weighted by atomic mass is 79.9. The van der Waals surface area contributed by atoms with E-state index >= 15 is 0 Å². The van der Waals surface area contributed by atoms with E-state index in [-0.39, 0.29) is 0 Å². The van der Waals surface area contributed by atoms with Crippen molar-refractivity contribution in [2.45, 2.75) is 5.33 Å². The number of hydrogen-bond acceptors (Lipinski definition) is 2. The summed E-state index contributed by atoms with van der Waals surface area (Å²) in [5.74, 6) is -1.16. The quantitative estimate of drug-likeness (QED) is 0.762. The molecule has 0 aliphatic heterocycles. The minimum atomic E-state index is -0.582. The number of aromatic nitrogens is 1. The fourth-order valence-corrected chi connectivity index (χ4v) is 2.36. The van der Waals surface area contributed by atoms with Crippen molar-refractivity contribution in [1.29, 1.82) is 0 Å². The van der Waals surface area contributed by atoms with E-state index in [1.807, 2.05) is 0 Å². The van der Waals surface area contributed by atoms with Gasteiger partial charge in [0.2, 0.25) is 0 Å². The zero-order valence-electron chi connectivity index (χ0n) is 7.51. The Labute approximate surface area is 97.9 Å². The van der Waals surface area contributed by atoms with E-state index in [2.05, 4.69) is 20.9 Å². The van der Waals surface area contributed by atoms with Crippen molar-refractivity contribution in [1.82, 2.24) is 4.98 Å². The van der Waals surface area contributed by atoms with Crippen molar-refractivity contribution in [3.63, 3.8) is 0 Å². The summed E-state index contributed by atoms with van der Waals surface area (Å²) in [7, 11) is 0. The molecule has 0 saturated carbocycles. The standard InChI is InChI=1S/C10H6BrF2NS/c11-4-10-14-9(5-15-10)7-2-1-6(12)3-8(7)13/h1-3,5H,4H2. The maximum absolute atomic E-state index is 13.4. The molecule has 5 heteroatoms. The third-order valence-electron chi connectivity index (χ3n) is 1.87. The highest BCUT2D eigenvalue weighted by Crippen LogP contribution is 2.25. The van der Waals surface area contributed by atoms with Gasteiger partial charge in [-0.05, 0) is 12.1 Å². The molecule has 78 valence electrons. The Kier molecular flexibility index (Phi) is 3.11. The molecule has 0 N–H and O–H groups in total. The van der Waals surface area contributed by atoms with E-state index < -0.39 is 11.6 Å². The molecule has 2 rings (SSSR count). The van der Waals surface area contributed by atoms with Gasteiger partial charge in [-0.1, -0.05) is 15.9 Å². The SMILES string of the molecule is Fc1ccc(-c2csc(CBr)n2)c(F)c1. The van der Waals surface area contributed by atoms with Crippen molar-refractivity contribution in [3.05, 3.63) is 40.2 Å². The molecule has 0 amide bonds. The van der Waals surface area contributed by atoms with Crippen LogP contribution in [0.3, 0.4) is 0 Å². The minimum Gasteiger partial charge on any atom is -0.240 e. The molecule has 0 atom stereocenters. The second kappa shape index (κ2) is 4.37. The molecule has 1 nitrogen and oxygen atoms in total. The summed E-state index contributed by atoms with van der Waals surface area (Å²) < 4.78 is 26.0. The average Bonchev–Trinajstić information content (AvgIpc) is 2.66. The molecule has 1 aromatic carbocycles. The summed E-state index contributed by atoms with van der Waals surface area (Å²) in [4.78, 5) is 4.20. The van der Waals surface area contributed by atoms with Crippen LogP contribution in [0.2, 0.25) is 0 Å². The second-order valence-electron chi connectivity index (χ2n) is 2.88. The topological polar surface area (TPSA) is 12.9 Å². The fraction of sp³-hybridized carbons (Fsp3) is 0.100. The number of alkyl halides is 1. The van der Waals surface area contributed by atoms with Gasteiger partial charge in [0.1, 0.15) is 16.6 Å². The lowest BCUT2D eigenvalue weighted by molar-refractivity contribution is 0.585. The summed E-state index contributed by atoms with van der Waals surface area (Å²) >= 11 is 4.71. The molecular weight excluding hydrogens is 284 g/mol. The Morgan fingerprint density at radius 3 is 2.73 bits per heavy atom. The van der Waals surface area contributed by atoms with Gasteiger partial charge < -0.3 is 0 Å². The zero-order chi connectivity index (χ0) is 10.8. The van der Waals surface area contributed by atoms with E-state index in [4.69, 9.17) is 0 Å². The maximum Gasteiger partial charge on any atom is 0.135 e. The molecule has 1 heterocycles. The molecule has 0 radical (unpaired) electrons. The number of rotatable bonds is 2. The van der Waals surface area contributed by atoms with Crippen LogP contribution in [-0.4, -0.2) is 4.98 Å². The first-order chi connectivity index (χ1) is 7.20. The van der Waals surface area contributed by atoms with Crippen LogP contribution in [0.4, 0.5) is 8.78 Å². The summed E-state index contributed by atoms with van der Waals surface area (Å²) in [6.07, 6.45) is 0. The summed E-state index contributed by atoms with van der Waals surface area (Å²) in [6, 6.07) is 3.49. The predicted molar refractivity (Wildman–Crippen MR) is 60.1 cm³/mol. The van der Waals surface area contributed by atoms with Gasteiger partial charge in [-0.2, -0.15) is 0 Å². The monoisotopic (exact) mass is 289 g/mol. The molecule has 15 heavy (non-hydrogen) atoms. The maximum atomic E-state index is 13.4. The lowest BCUT2D eigenvalue weighted by Crippen LogP contribution is -1.86. The first-order valence-corrected chi connectivity index (χ1v) is 6.16. The first-order valence-electron chi connectivity index (χ1n) is 4.16. The molecular formula is C10H6BrF2NS. The van der Waals surface area contributed by atoms with Gasteiger partial charge in [0.15, 0.2) is 0 Å². The summed E-state index contributed by atoms with van der Waals surface area (Å²) in [5.41, 5.74) is 0.881. The van der Waals surface area contributed by atoms with Crippen LogP contribution in [0, 0.1) is 11.6 Å².